The number of nitrogens with zero attached hydrogens (tertiary/aromatic N) is 1. The van der Waals surface area contributed by atoms with Gasteiger partial charge in [0.25, 0.3) is 0 Å². The molecule has 1 aromatic heterocycles. The van der Waals surface area contributed by atoms with Crippen LogP contribution in [0.3, 0.4) is 0 Å². The molecule has 0 aliphatic carbocycles. The molecule has 0 spiro atoms. The minimum Gasteiger partial charge on any atom is -0.384 e. The predicted molar refractivity (Wildman–Crippen MR) is 57.8 cm³/mol. The van der Waals surface area contributed by atoms with Crippen molar-refractivity contribution in [2.24, 2.45) is 5.92 Å². The fourth-order valence-electron chi connectivity index (χ4n) is 1.95. The van der Waals surface area contributed by atoms with E-state index >= 15 is 0 Å². The molecule has 0 fully saturated rings. The first-order valence-corrected chi connectivity index (χ1v) is 5.24. The second-order valence-electron chi connectivity index (χ2n) is 3.95. The van der Waals surface area contributed by atoms with Crippen LogP contribution < -0.4 is 11.1 Å². The number of nitrogens with one attached hydrogen (secondary N) is 1. The molecule has 3 N–H and O–H groups in total. The Morgan fingerprint density at radius 3 is 3.21 bits per heavy atom. The number of pyridine rings is 1. The van der Waals surface area contributed by atoms with E-state index in [4.69, 9.17) is 5.73 Å². The van der Waals surface area contributed by atoms with Gasteiger partial charge in [0.05, 0.1) is 5.69 Å². The third kappa shape index (κ3) is 1.87. The van der Waals surface area contributed by atoms with Gasteiger partial charge in [0, 0.05) is 6.54 Å². The molecule has 1 aromatic rings. The molecule has 1 aliphatic rings. The van der Waals surface area contributed by atoms with Gasteiger partial charge in [-0.3, -0.25) is 0 Å². The first-order chi connectivity index (χ1) is 6.79. The number of nitrogen functional groups attached to an aromatic ring is 1. The molecule has 0 amide bonds. The third-order valence-electron chi connectivity index (χ3n) is 2.90. The highest BCUT2D eigenvalue weighted by atomic mass is 14.9. The van der Waals surface area contributed by atoms with Gasteiger partial charge in [-0.2, -0.15) is 0 Å². The minimum atomic E-state index is 0.625. The molecule has 3 heteroatoms. The normalized spacial score (nSPS) is 21.4. The molecule has 3 nitrogen and oxygen atoms in total. The molecule has 1 aliphatic heterocycles. The van der Waals surface area contributed by atoms with E-state index < -0.39 is 0 Å². The third-order valence-corrected chi connectivity index (χ3v) is 2.90. The monoisotopic (exact) mass is 191 g/mol. The molecule has 0 radical (unpaired) electrons. The van der Waals surface area contributed by atoms with Gasteiger partial charge in [-0.05, 0) is 30.5 Å². The van der Waals surface area contributed by atoms with E-state index in [1.54, 1.807) is 0 Å². The molecule has 76 valence electrons. The van der Waals surface area contributed by atoms with E-state index in [1.807, 2.05) is 6.07 Å². The Balaban J connectivity index is 2.27. The van der Waals surface area contributed by atoms with Crippen molar-refractivity contribution in [3.63, 3.8) is 0 Å². The van der Waals surface area contributed by atoms with Crippen molar-refractivity contribution in [2.75, 3.05) is 12.3 Å². The van der Waals surface area contributed by atoms with Gasteiger partial charge in [-0.15, -0.1) is 0 Å². The van der Waals surface area contributed by atoms with E-state index in [9.17, 15) is 0 Å². The minimum absolute atomic E-state index is 0.625. The molecule has 1 atom stereocenters. The van der Waals surface area contributed by atoms with E-state index in [2.05, 4.69) is 23.3 Å². The summed E-state index contributed by atoms with van der Waals surface area (Å²) in [7, 11) is 0. The molecule has 0 saturated heterocycles. The predicted octanol–water partition coefficient (Wildman–Crippen LogP) is 1.34. The first-order valence-electron chi connectivity index (χ1n) is 5.24. The highest BCUT2D eigenvalue weighted by Gasteiger charge is 2.15. The van der Waals surface area contributed by atoms with E-state index in [0.717, 1.165) is 31.1 Å². The number of rotatable bonds is 1. The van der Waals surface area contributed by atoms with Crippen molar-refractivity contribution in [3.05, 3.63) is 23.4 Å². The highest BCUT2D eigenvalue weighted by molar-refractivity contribution is 5.34. The lowest BCUT2D eigenvalue weighted by molar-refractivity contribution is 0.477. The summed E-state index contributed by atoms with van der Waals surface area (Å²) in [5.41, 5.74) is 8.14. The Bertz CT molecular complexity index is 322. The number of anilines is 1. The van der Waals surface area contributed by atoms with Crippen molar-refractivity contribution >= 4 is 5.82 Å². The Kier molecular flexibility index (Phi) is 2.68. The standard InChI is InChI=1S/C11H17N3/c1-2-8-5-9-3-4-11(12)14-10(9)7-13-6-8/h3-4,8,13H,2,5-7H2,1H3,(H2,12,14)/t8-/m0/s1. The smallest absolute Gasteiger partial charge is 0.123 e. The molecule has 0 aromatic carbocycles. The molecule has 2 rings (SSSR count). The summed E-state index contributed by atoms with van der Waals surface area (Å²) in [6.45, 7) is 4.19. The summed E-state index contributed by atoms with van der Waals surface area (Å²) in [5, 5.41) is 3.41. The molecule has 0 unspecified atom stereocenters. The SMILES string of the molecule is CC[C@@H]1CNCc2nc(N)ccc2C1. The Morgan fingerprint density at radius 2 is 2.43 bits per heavy atom. The largest absolute Gasteiger partial charge is 0.384 e. The number of aromatic nitrogens is 1. The lowest BCUT2D eigenvalue weighted by atomic mass is 9.97. The van der Waals surface area contributed by atoms with Crippen molar-refractivity contribution in [1.29, 1.82) is 0 Å². The maximum atomic E-state index is 5.66. The van der Waals surface area contributed by atoms with Crippen LogP contribution in [0.4, 0.5) is 5.82 Å². The van der Waals surface area contributed by atoms with Crippen LogP contribution in [0.5, 0.6) is 0 Å². The topological polar surface area (TPSA) is 50.9 Å². The van der Waals surface area contributed by atoms with Crippen molar-refractivity contribution in [3.8, 4) is 0 Å². The van der Waals surface area contributed by atoms with Crippen LogP contribution >= 0.6 is 0 Å². The van der Waals surface area contributed by atoms with Gasteiger partial charge in [0.15, 0.2) is 0 Å². The zero-order chi connectivity index (χ0) is 9.97. The second-order valence-corrected chi connectivity index (χ2v) is 3.95. The van der Waals surface area contributed by atoms with Gasteiger partial charge in [0.1, 0.15) is 5.82 Å². The summed E-state index contributed by atoms with van der Waals surface area (Å²) >= 11 is 0. The number of nitrogens with two attached hydrogens (primary N) is 1. The van der Waals surface area contributed by atoms with Crippen LogP contribution in [0, 0.1) is 5.92 Å². The van der Waals surface area contributed by atoms with Crippen LogP contribution in [0.1, 0.15) is 24.6 Å². The summed E-state index contributed by atoms with van der Waals surface area (Å²) in [4.78, 5) is 4.36. The van der Waals surface area contributed by atoms with Crippen molar-refractivity contribution in [2.45, 2.75) is 26.3 Å². The van der Waals surface area contributed by atoms with Crippen LogP contribution in [0.15, 0.2) is 12.1 Å². The summed E-state index contributed by atoms with van der Waals surface area (Å²) in [6.07, 6.45) is 2.35. The quantitative estimate of drug-likeness (QED) is 0.704. The lowest BCUT2D eigenvalue weighted by Gasteiger charge is -2.10. The lowest BCUT2D eigenvalue weighted by Crippen LogP contribution is -2.19. The van der Waals surface area contributed by atoms with Crippen molar-refractivity contribution < 1.29 is 0 Å². The summed E-state index contributed by atoms with van der Waals surface area (Å²) in [6, 6.07) is 4.02. The van der Waals surface area contributed by atoms with Gasteiger partial charge >= 0.3 is 0 Å². The maximum Gasteiger partial charge on any atom is 0.123 e. The van der Waals surface area contributed by atoms with E-state index in [-0.39, 0.29) is 0 Å². The molecule has 0 bridgehead atoms. The summed E-state index contributed by atoms with van der Waals surface area (Å²) < 4.78 is 0. The fraction of sp³-hybridized carbons (Fsp3) is 0.545. The highest BCUT2D eigenvalue weighted by Crippen LogP contribution is 2.18. The first kappa shape index (κ1) is 9.46. The van der Waals surface area contributed by atoms with Crippen LogP contribution in [0.25, 0.3) is 0 Å². The van der Waals surface area contributed by atoms with Gasteiger partial charge in [-0.1, -0.05) is 19.4 Å². The second kappa shape index (κ2) is 3.96. The van der Waals surface area contributed by atoms with Gasteiger partial charge in [-0.25, -0.2) is 4.98 Å². The van der Waals surface area contributed by atoms with E-state index in [0.29, 0.717) is 5.82 Å². The molecule has 0 saturated carbocycles. The Labute approximate surface area is 84.7 Å². The van der Waals surface area contributed by atoms with Crippen LogP contribution in [-0.4, -0.2) is 11.5 Å². The zero-order valence-corrected chi connectivity index (χ0v) is 8.59. The average molecular weight is 191 g/mol. The van der Waals surface area contributed by atoms with Crippen LogP contribution in [0.2, 0.25) is 0 Å². The molecule has 2 heterocycles. The fourth-order valence-corrected chi connectivity index (χ4v) is 1.95. The van der Waals surface area contributed by atoms with Gasteiger partial charge < -0.3 is 11.1 Å². The molecular formula is C11H17N3. The zero-order valence-electron chi connectivity index (χ0n) is 8.59. The van der Waals surface area contributed by atoms with E-state index in [1.165, 1.54) is 12.0 Å². The van der Waals surface area contributed by atoms with Gasteiger partial charge in [0.2, 0.25) is 0 Å². The molecule has 14 heavy (non-hydrogen) atoms. The Hall–Kier alpha value is -1.09. The van der Waals surface area contributed by atoms with Crippen LogP contribution in [-0.2, 0) is 13.0 Å². The average Bonchev–Trinajstić information content (AvgIpc) is 2.38. The number of hydrogen-bond acceptors (Lipinski definition) is 3. The Morgan fingerprint density at radius 1 is 1.57 bits per heavy atom. The van der Waals surface area contributed by atoms with Crippen molar-refractivity contribution in [1.82, 2.24) is 10.3 Å². The number of fused-ring (bicyclic) bond motifs is 1. The number of hydrogen-bond donors (Lipinski definition) is 2. The molecular weight excluding hydrogens is 174 g/mol. The summed E-state index contributed by atoms with van der Waals surface area (Å²) in [5.74, 6) is 1.36. The maximum absolute atomic E-state index is 5.66.